The lowest BCUT2D eigenvalue weighted by Gasteiger charge is -2.35. The van der Waals surface area contributed by atoms with Gasteiger partial charge in [0.05, 0.1) is 4.90 Å². The highest BCUT2D eigenvalue weighted by Gasteiger charge is 2.34. The molecule has 0 radical (unpaired) electrons. The molecule has 2 rings (SSSR count). The molecule has 1 heterocycles. The van der Waals surface area contributed by atoms with Crippen LogP contribution in [0.25, 0.3) is 0 Å². The fourth-order valence-corrected chi connectivity index (χ4v) is 4.44. The Morgan fingerprint density at radius 3 is 2.68 bits per heavy atom. The van der Waals surface area contributed by atoms with Gasteiger partial charge in [0.25, 0.3) is 0 Å². The molecule has 0 saturated carbocycles. The normalized spacial score (nSPS) is 25.5. The molecular formula is C13H19FN2O2S. The van der Waals surface area contributed by atoms with Crippen LogP contribution in [0.4, 0.5) is 4.39 Å². The molecule has 1 aliphatic rings. The van der Waals surface area contributed by atoms with E-state index in [1.165, 1.54) is 22.5 Å². The SMILES string of the molecule is Cc1cc(F)ccc1S(=O)(=O)N1CC[C@@H](N)C[C@H]1C. The van der Waals surface area contributed by atoms with Crippen molar-refractivity contribution < 1.29 is 12.8 Å². The summed E-state index contributed by atoms with van der Waals surface area (Å²) in [5, 5.41) is 0. The molecule has 19 heavy (non-hydrogen) atoms. The summed E-state index contributed by atoms with van der Waals surface area (Å²) in [6.45, 7) is 3.88. The number of nitrogens with two attached hydrogens (primary N) is 1. The van der Waals surface area contributed by atoms with Crippen molar-refractivity contribution >= 4 is 10.0 Å². The average molecular weight is 286 g/mol. The summed E-state index contributed by atoms with van der Waals surface area (Å²) < 4.78 is 39.7. The zero-order valence-corrected chi connectivity index (χ0v) is 12.0. The van der Waals surface area contributed by atoms with Gasteiger partial charge in [0.1, 0.15) is 5.82 Å². The van der Waals surface area contributed by atoms with E-state index in [4.69, 9.17) is 5.73 Å². The highest BCUT2D eigenvalue weighted by atomic mass is 32.2. The van der Waals surface area contributed by atoms with Gasteiger partial charge in [-0.3, -0.25) is 0 Å². The van der Waals surface area contributed by atoms with Gasteiger partial charge in [-0.15, -0.1) is 0 Å². The number of sulfonamides is 1. The van der Waals surface area contributed by atoms with Crippen LogP contribution in [-0.4, -0.2) is 31.4 Å². The molecule has 1 fully saturated rings. The Morgan fingerprint density at radius 1 is 1.42 bits per heavy atom. The number of rotatable bonds is 2. The van der Waals surface area contributed by atoms with Crippen LogP contribution in [0.1, 0.15) is 25.3 Å². The molecule has 0 amide bonds. The van der Waals surface area contributed by atoms with Gasteiger partial charge in [-0.2, -0.15) is 4.31 Å². The van der Waals surface area contributed by atoms with Crippen molar-refractivity contribution in [2.75, 3.05) is 6.54 Å². The minimum Gasteiger partial charge on any atom is -0.328 e. The van der Waals surface area contributed by atoms with Gasteiger partial charge in [0.2, 0.25) is 10.0 Å². The molecule has 4 nitrogen and oxygen atoms in total. The number of hydrogen-bond acceptors (Lipinski definition) is 3. The molecule has 0 aliphatic carbocycles. The monoisotopic (exact) mass is 286 g/mol. The molecule has 0 aromatic heterocycles. The Kier molecular flexibility index (Phi) is 3.94. The van der Waals surface area contributed by atoms with E-state index in [9.17, 15) is 12.8 Å². The van der Waals surface area contributed by atoms with Crippen molar-refractivity contribution in [3.8, 4) is 0 Å². The summed E-state index contributed by atoms with van der Waals surface area (Å²) in [5.41, 5.74) is 6.28. The molecule has 1 saturated heterocycles. The van der Waals surface area contributed by atoms with Crippen molar-refractivity contribution in [3.05, 3.63) is 29.6 Å². The molecule has 0 spiro atoms. The van der Waals surface area contributed by atoms with Gasteiger partial charge >= 0.3 is 0 Å². The second kappa shape index (κ2) is 5.19. The number of nitrogens with zero attached hydrogens (tertiary/aromatic N) is 1. The molecule has 1 aliphatic heterocycles. The summed E-state index contributed by atoms with van der Waals surface area (Å²) in [4.78, 5) is 0.177. The number of halogens is 1. The summed E-state index contributed by atoms with van der Waals surface area (Å²) >= 11 is 0. The van der Waals surface area contributed by atoms with E-state index in [1.807, 2.05) is 6.92 Å². The molecular weight excluding hydrogens is 267 g/mol. The van der Waals surface area contributed by atoms with Crippen molar-refractivity contribution in [1.82, 2.24) is 4.31 Å². The molecule has 106 valence electrons. The fraction of sp³-hybridized carbons (Fsp3) is 0.538. The van der Waals surface area contributed by atoms with E-state index in [2.05, 4.69) is 0 Å². The zero-order chi connectivity index (χ0) is 14.2. The van der Waals surface area contributed by atoms with Gasteiger partial charge in [0, 0.05) is 18.6 Å². The number of piperidine rings is 1. The van der Waals surface area contributed by atoms with Gasteiger partial charge in [0.15, 0.2) is 0 Å². The van der Waals surface area contributed by atoms with Crippen molar-refractivity contribution in [1.29, 1.82) is 0 Å². The first-order valence-corrected chi connectivity index (χ1v) is 7.80. The lowest BCUT2D eigenvalue weighted by molar-refractivity contribution is 0.247. The van der Waals surface area contributed by atoms with E-state index in [0.717, 1.165) is 0 Å². The smallest absolute Gasteiger partial charge is 0.243 e. The highest BCUT2D eigenvalue weighted by molar-refractivity contribution is 7.89. The molecule has 0 bridgehead atoms. The maximum atomic E-state index is 13.1. The Morgan fingerprint density at radius 2 is 2.11 bits per heavy atom. The zero-order valence-electron chi connectivity index (χ0n) is 11.1. The van der Waals surface area contributed by atoms with Gasteiger partial charge in [-0.25, -0.2) is 12.8 Å². The molecule has 1 aromatic rings. The Labute approximate surface area is 113 Å². The van der Waals surface area contributed by atoms with Crippen molar-refractivity contribution in [2.45, 2.75) is 43.7 Å². The average Bonchev–Trinajstić information content (AvgIpc) is 2.27. The van der Waals surface area contributed by atoms with Crippen LogP contribution < -0.4 is 5.73 Å². The molecule has 2 atom stereocenters. The summed E-state index contributed by atoms with van der Waals surface area (Å²) in [7, 11) is -3.57. The summed E-state index contributed by atoms with van der Waals surface area (Å²) in [6, 6.07) is 3.68. The minimum absolute atomic E-state index is 0.0516. The first kappa shape index (κ1) is 14.4. The van der Waals surface area contributed by atoms with Crippen LogP contribution in [0.5, 0.6) is 0 Å². The third kappa shape index (κ3) is 2.80. The lowest BCUT2D eigenvalue weighted by Crippen LogP contribution is -2.48. The summed E-state index contributed by atoms with van der Waals surface area (Å²) in [6.07, 6.45) is 1.31. The second-order valence-corrected chi connectivity index (χ2v) is 7.02. The first-order valence-electron chi connectivity index (χ1n) is 6.36. The molecule has 2 N–H and O–H groups in total. The Hall–Kier alpha value is -0.980. The van der Waals surface area contributed by atoms with Crippen LogP contribution in [0, 0.1) is 12.7 Å². The van der Waals surface area contributed by atoms with Gasteiger partial charge in [-0.05, 0) is 50.5 Å². The second-order valence-electron chi connectivity index (χ2n) is 5.16. The third-order valence-corrected chi connectivity index (χ3v) is 5.75. The van der Waals surface area contributed by atoms with E-state index in [0.29, 0.717) is 24.9 Å². The maximum Gasteiger partial charge on any atom is 0.243 e. The predicted octanol–water partition coefficient (Wildman–Crippen LogP) is 1.63. The maximum absolute atomic E-state index is 13.1. The number of benzene rings is 1. The van der Waals surface area contributed by atoms with Crippen LogP contribution in [0.3, 0.4) is 0 Å². The van der Waals surface area contributed by atoms with Crippen molar-refractivity contribution in [3.63, 3.8) is 0 Å². The van der Waals surface area contributed by atoms with E-state index in [-0.39, 0.29) is 17.0 Å². The van der Waals surface area contributed by atoms with Gasteiger partial charge < -0.3 is 5.73 Å². The fourth-order valence-electron chi connectivity index (χ4n) is 2.57. The number of aryl methyl sites for hydroxylation is 1. The van der Waals surface area contributed by atoms with Gasteiger partial charge in [-0.1, -0.05) is 0 Å². The van der Waals surface area contributed by atoms with E-state index >= 15 is 0 Å². The highest BCUT2D eigenvalue weighted by Crippen LogP contribution is 2.26. The Balaban J connectivity index is 2.37. The lowest BCUT2D eigenvalue weighted by atomic mass is 10.0. The molecule has 1 aromatic carbocycles. The number of hydrogen-bond donors (Lipinski definition) is 1. The first-order chi connectivity index (χ1) is 8.82. The van der Waals surface area contributed by atoms with Crippen LogP contribution >= 0.6 is 0 Å². The molecule has 0 unspecified atom stereocenters. The van der Waals surface area contributed by atoms with Crippen LogP contribution in [0.15, 0.2) is 23.1 Å². The van der Waals surface area contributed by atoms with E-state index < -0.39 is 15.8 Å². The largest absolute Gasteiger partial charge is 0.328 e. The third-order valence-electron chi connectivity index (χ3n) is 3.58. The Bertz CT molecular complexity index is 574. The van der Waals surface area contributed by atoms with E-state index in [1.54, 1.807) is 6.92 Å². The minimum atomic E-state index is -3.57. The predicted molar refractivity (Wildman–Crippen MR) is 71.7 cm³/mol. The van der Waals surface area contributed by atoms with Crippen LogP contribution in [-0.2, 0) is 10.0 Å². The summed E-state index contributed by atoms with van der Waals surface area (Å²) in [5.74, 6) is -0.426. The quantitative estimate of drug-likeness (QED) is 0.899. The topological polar surface area (TPSA) is 63.4 Å². The standard InChI is InChI=1S/C13H19FN2O2S/c1-9-7-11(14)3-4-13(9)19(17,18)16-6-5-12(15)8-10(16)2/h3-4,7,10,12H,5-6,8,15H2,1-2H3/t10-,12-/m1/s1. The van der Waals surface area contributed by atoms with Crippen molar-refractivity contribution in [2.24, 2.45) is 5.73 Å². The van der Waals surface area contributed by atoms with Crippen LogP contribution in [0.2, 0.25) is 0 Å². The molecule has 6 heteroatoms.